The van der Waals surface area contributed by atoms with Crippen LogP contribution in [0.1, 0.15) is 30.4 Å². The van der Waals surface area contributed by atoms with Gasteiger partial charge in [-0.05, 0) is 50.3 Å². The smallest absolute Gasteiger partial charge is 0.303 e. The van der Waals surface area contributed by atoms with Gasteiger partial charge < -0.3 is 14.8 Å². The van der Waals surface area contributed by atoms with Gasteiger partial charge in [0.25, 0.3) is 0 Å². The number of furan rings is 1. The number of carbonyl (C=O) groups is 1. The Morgan fingerprint density at radius 1 is 1.31 bits per heavy atom. The topological polar surface area (TPSA) is 86.9 Å². The minimum absolute atomic E-state index is 0.0124. The van der Waals surface area contributed by atoms with Gasteiger partial charge in [-0.3, -0.25) is 10.2 Å². The molecule has 1 aromatic carbocycles. The van der Waals surface area contributed by atoms with E-state index in [0.29, 0.717) is 39.4 Å². The van der Waals surface area contributed by atoms with Crippen LogP contribution >= 0.6 is 35.4 Å². The second kappa shape index (κ2) is 9.02. The first-order valence-electron chi connectivity index (χ1n) is 7.64. The van der Waals surface area contributed by atoms with Gasteiger partial charge in [0, 0.05) is 17.7 Å². The van der Waals surface area contributed by atoms with E-state index in [2.05, 4.69) is 15.8 Å². The molecular formula is C17H17Cl2N3O3S. The molecule has 9 heteroatoms. The molecule has 2 aromatic rings. The second-order valence-corrected chi connectivity index (χ2v) is 6.69. The van der Waals surface area contributed by atoms with Crippen LogP contribution < -0.4 is 10.7 Å². The lowest BCUT2D eigenvalue weighted by Gasteiger charge is -2.08. The van der Waals surface area contributed by atoms with Gasteiger partial charge in [-0.15, -0.1) is 0 Å². The molecule has 1 heterocycles. The molecule has 2 rings (SSSR count). The number of aryl methyl sites for hydroxylation is 2. The first-order chi connectivity index (χ1) is 12.3. The fourth-order valence-electron chi connectivity index (χ4n) is 2.18. The maximum Gasteiger partial charge on any atom is 0.303 e. The average Bonchev–Trinajstić information content (AvgIpc) is 2.95. The third-order valence-electron chi connectivity index (χ3n) is 3.45. The number of hydrazone groups is 1. The number of anilines is 1. The van der Waals surface area contributed by atoms with E-state index in [9.17, 15) is 4.79 Å². The van der Waals surface area contributed by atoms with Crippen LogP contribution in [0.25, 0.3) is 0 Å². The molecule has 0 atom stereocenters. The van der Waals surface area contributed by atoms with Crippen LogP contribution in [-0.4, -0.2) is 21.9 Å². The molecule has 0 unspecified atom stereocenters. The van der Waals surface area contributed by atoms with E-state index in [1.54, 1.807) is 38.1 Å². The number of thiocarbonyl (C=S) groups is 1. The highest BCUT2D eigenvalue weighted by molar-refractivity contribution is 7.80. The highest BCUT2D eigenvalue weighted by Gasteiger charge is 2.11. The number of carboxylic acid groups (broad SMARTS) is 1. The Labute approximate surface area is 166 Å². The minimum Gasteiger partial charge on any atom is -0.481 e. The lowest BCUT2D eigenvalue weighted by molar-refractivity contribution is -0.137. The number of hydrogen-bond donors (Lipinski definition) is 3. The second-order valence-electron chi connectivity index (χ2n) is 5.47. The van der Waals surface area contributed by atoms with E-state index < -0.39 is 5.97 Å². The first kappa shape index (κ1) is 20.2. The van der Waals surface area contributed by atoms with Crippen LogP contribution in [0.3, 0.4) is 0 Å². The quantitative estimate of drug-likeness (QED) is 0.363. The first-order valence-corrected chi connectivity index (χ1v) is 8.80. The zero-order valence-electron chi connectivity index (χ0n) is 14.1. The lowest BCUT2D eigenvalue weighted by atomic mass is 10.1. The van der Waals surface area contributed by atoms with Crippen molar-refractivity contribution in [3.63, 3.8) is 0 Å². The zero-order valence-corrected chi connectivity index (χ0v) is 16.4. The predicted octanol–water partition coefficient (Wildman–Crippen LogP) is 4.62. The number of carboxylic acids is 1. The maximum atomic E-state index is 10.7. The molecule has 1 aromatic heterocycles. The molecule has 0 bridgehead atoms. The zero-order chi connectivity index (χ0) is 19.3. The van der Waals surface area contributed by atoms with Crippen LogP contribution in [0.5, 0.6) is 0 Å². The van der Waals surface area contributed by atoms with E-state index in [1.165, 1.54) is 0 Å². The van der Waals surface area contributed by atoms with Crippen molar-refractivity contribution in [3.8, 4) is 0 Å². The summed E-state index contributed by atoms with van der Waals surface area (Å²) in [5, 5.41) is 17.1. The SMILES string of the molecule is C/C(=N/NC(=S)Nc1ccc(Cl)c(Cl)c1)c1cc(CCC(=O)O)oc1C. The number of hydrogen-bond acceptors (Lipinski definition) is 4. The van der Waals surface area contributed by atoms with Crippen LogP contribution in [0, 0.1) is 6.92 Å². The Morgan fingerprint density at radius 2 is 2.04 bits per heavy atom. The predicted molar refractivity (Wildman–Crippen MR) is 107 cm³/mol. The number of nitrogens with zero attached hydrogens (tertiary/aromatic N) is 1. The number of aliphatic carboxylic acids is 1. The molecule has 0 spiro atoms. The van der Waals surface area contributed by atoms with Crippen molar-refractivity contribution in [2.75, 3.05) is 5.32 Å². The van der Waals surface area contributed by atoms with Crippen molar-refractivity contribution >= 4 is 57.9 Å². The van der Waals surface area contributed by atoms with E-state index in [-0.39, 0.29) is 11.5 Å². The number of benzene rings is 1. The summed E-state index contributed by atoms with van der Waals surface area (Å²) in [5.74, 6) is 0.397. The van der Waals surface area contributed by atoms with Crippen LogP contribution in [0.15, 0.2) is 33.8 Å². The summed E-state index contributed by atoms with van der Waals surface area (Å²) in [4.78, 5) is 10.7. The van der Waals surface area contributed by atoms with Gasteiger partial charge in [0.15, 0.2) is 5.11 Å². The Hall–Kier alpha value is -2.09. The molecule has 138 valence electrons. The van der Waals surface area contributed by atoms with Crippen molar-refractivity contribution in [2.45, 2.75) is 26.7 Å². The average molecular weight is 414 g/mol. The number of nitrogens with one attached hydrogen (secondary N) is 2. The summed E-state index contributed by atoms with van der Waals surface area (Å²) in [6, 6.07) is 6.85. The monoisotopic (exact) mass is 413 g/mol. The molecule has 0 aliphatic heterocycles. The van der Waals surface area contributed by atoms with Crippen molar-refractivity contribution < 1.29 is 14.3 Å². The van der Waals surface area contributed by atoms with Gasteiger partial charge in [-0.25, -0.2) is 0 Å². The largest absolute Gasteiger partial charge is 0.481 e. The van der Waals surface area contributed by atoms with E-state index >= 15 is 0 Å². The Morgan fingerprint density at radius 3 is 2.69 bits per heavy atom. The normalized spacial score (nSPS) is 11.3. The van der Waals surface area contributed by atoms with Gasteiger partial charge in [0.1, 0.15) is 11.5 Å². The van der Waals surface area contributed by atoms with Gasteiger partial charge >= 0.3 is 5.97 Å². The molecule has 0 aliphatic rings. The molecule has 0 fully saturated rings. The molecule has 0 saturated carbocycles. The van der Waals surface area contributed by atoms with Gasteiger partial charge in [0.05, 0.1) is 22.2 Å². The lowest BCUT2D eigenvalue weighted by Crippen LogP contribution is -2.25. The van der Waals surface area contributed by atoms with Crippen LogP contribution in [-0.2, 0) is 11.2 Å². The highest BCUT2D eigenvalue weighted by atomic mass is 35.5. The highest BCUT2D eigenvalue weighted by Crippen LogP contribution is 2.25. The van der Waals surface area contributed by atoms with Gasteiger partial charge in [0.2, 0.25) is 0 Å². The number of rotatable bonds is 6. The number of halogens is 2. The van der Waals surface area contributed by atoms with Crippen molar-refractivity contribution in [1.82, 2.24) is 5.43 Å². The minimum atomic E-state index is -0.869. The molecular weight excluding hydrogens is 397 g/mol. The van der Waals surface area contributed by atoms with Crippen LogP contribution in [0.2, 0.25) is 10.0 Å². The van der Waals surface area contributed by atoms with E-state index in [1.807, 2.05) is 0 Å². The van der Waals surface area contributed by atoms with Crippen molar-refractivity contribution in [1.29, 1.82) is 0 Å². The molecule has 0 radical (unpaired) electrons. The summed E-state index contributed by atoms with van der Waals surface area (Å²) < 4.78 is 5.57. The third kappa shape index (κ3) is 5.72. The van der Waals surface area contributed by atoms with Crippen molar-refractivity contribution in [2.24, 2.45) is 5.10 Å². The fourth-order valence-corrected chi connectivity index (χ4v) is 2.65. The summed E-state index contributed by atoms with van der Waals surface area (Å²) in [5.41, 5.74) is 4.87. The van der Waals surface area contributed by atoms with E-state index in [0.717, 1.165) is 5.56 Å². The molecule has 0 saturated heterocycles. The third-order valence-corrected chi connectivity index (χ3v) is 4.38. The molecule has 0 amide bonds. The maximum absolute atomic E-state index is 10.7. The molecule has 0 aliphatic carbocycles. The Bertz CT molecular complexity index is 865. The summed E-state index contributed by atoms with van der Waals surface area (Å²) in [7, 11) is 0. The van der Waals surface area contributed by atoms with Crippen molar-refractivity contribution in [3.05, 3.63) is 51.4 Å². The summed E-state index contributed by atoms with van der Waals surface area (Å²) >= 11 is 17.0. The summed E-state index contributed by atoms with van der Waals surface area (Å²) in [6.07, 6.45) is 0.340. The molecule has 26 heavy (non-hydrogen) atoms. The van der Waals surface area contributed by atoms with Gasteiger partial charge in [-0.1, -0.05) is 23.2 Å². The van der Waals surface area contributed by atoms with Crippen LogP contribution in [0.4, 0.5) is 5.69 Å². The van der Waals surface area contributed by atoms with Gasteiger partial charge in [-0.2, -0.15) is 5.10 Å². The molecule has 6 nitrogen and oxygen atoms in total. The fraction of sp³-hybridized carbons (Fsp3) is 0.235. The standard InChI is InChI=1S/C17H17Cl2N3O3S/c1-9(13-8-12(25-10(13)2)4-6-16(23)24)21-22-17(26)20-11-3-5-14(18)15(19)7-11/h3,5,7-8H,4,6H2,1-2H3,(H,23,24)(H2,20,22,26)/b21-9-. The Balaban J connectivity index is 1.99. The molecule has 3 N–H and O–H groups in total. The van der Waals surface area contributed by atoms with E-state index in [4.69, 9.17) is 44.9 Å². The Kier molecular flexibility index (Phi) is 7.02. The summed E-state index contributed by atoms with van der Waals surface area (Å²) in [6.45, 7) is 3.60.